The predicted octanol–water partition coefficient (Wildman–Crippen LogP) is 1.20. The fourth-order valence-corrected chi connectivity index (χ4v) is 6.02. The van der Waals surface area contributed by atoms with Crippen molar-refractivity contribution in [2.75, 3.05) is 18.8 Å². The van der Waals surface area contributed by atoms with Crippen LogP contribution < -0.4 is 5.14 Å². The molecule has 2 rings (SSSR count). The summed E-state index contributed by atoms with van der Waals surface area (Å²) in [6.45, 7) is 0.541. The number of carbonyl (C=O) groups excluding carboxylic acids is 1. The molecule has 0 bridgehead atoms. The van der Waals surface area contributed by atoms with Crippen molar-refractivity contribution in [2.45, 2.75) is 42.6 Å². The summed E-state index contributed by atoms with van der Waals surface area (Å²) in [6.07, 6.45) is 4.98. The first-order valence-electron chi connectivity index (χ1n) is 6.54. The van der Waals surface area contributed by atoms with Gasteiger partial charge in [0.15, 0.2) is 0 Å². The van der Waals surface area contributed by atoms with Crippen molar-refractivity contribution in [3.63, 3.8) is 0 Å². The molecule has 19 heavy (non-hydrogen) atoms. The third kappa shape index (κ3) is 4.54. The molecule has 0 aromatic rings. The first-order chi connectivity index (χ1) is 8.97. The molecule has 1 unspecified atom stereocenters. The van der Waals surface area contributed by atoms with Crippen molar-refractivity contribution in [1.82, 2.24) is 4.90 Å². The van der Waals surface area contributed by atoms with Gasteiger partial charge < -0.3 is 4.90 Å². The van der Waals surface area contributed by atoms with Crippen molar-refractivity contribution in [3.05, 3.63) is 0 Å². The molecule has 2 fully saturated rings. The number of rotatable bonds is 6. The molecule has 0 spiro atoms. The number of primary sulfonamides is 1. The monoisotopic (exact) mass is 324 g/mol. The van der Waals surface area contributed by atoms with Gasteiger partial charge in [-0.15, -0.1) is 0 Å². The Morgan fingerprint density at radius 2 is 2.05 bits per heavy atom. The average Bonchev–Trinajstić information content (AvgIpc) is 2.72. The Balaban J connectivity index is 1.56. The zero-order valence-corrected chi connectivity index (χ0v) is 13.2. The lowest BCUT2D eigenvalue weighted by atomic mass is 10.1. The van der Waals surface area contributed by atoms with Crippen LogP contribution in [-0.2, 0) is 14.8 Å². The maximum Gasteiger partial charge on any atom is 0.222 e. The van der Waals surface area contributed by atoms with Gasteiger partial charge in [0.1, 0.15) is 5.25 Å². The Morgan fingerprint density at radius 3 is 2.63 bits per heavy atom. The van der Waals surface area contributed by atoms with E-state index in [1.54, 1.807) is 4.90 Å². The third-order valence-electron chi connectivity index (χ3n) is 3.56. The fraction of sp³-hybridized carbons (Fsp3) is 0.909. The van der Waals surface area contributed by atoms with Crippen LogP contribution in [0.1, 0.15) is 32.1 Å². The van der Waals surface area contributed by atoms with Gasteiger partial charge in [-0.1, -0.05) is 28.0 Å². The van der Waals surface area contributed by atoms with Gasteiger partial charge in [-0.05, 0) is 19.3 Å². The second-order valence-electron chi connectivity index (χ2n) is 5.08. The highest BCUT2D eigenvalue weighted by molar-refractivity contribution is 8.77. The molecule has 2 N–H and O–H groups in total. The molecule has 1 amide bonds. The Hall–Kier alpha value is 0.0800. The van der Waals surface area contributed by atoms with Crippen molar-refractivity contribution < 1.29 is 13.2 Å². The molecule has 2 aliphatic heterocycles. The number of sulfonamides is 1. The van der Waals surface area contributed by atoms with E-state index in [1.165, 1.54) is 18.6 Å². The molecular weight excluding hydrogens is 304 g/mol. The molecule has 0 radical (unpaired) electrons. The lowest BCUT2D eigenvalue weighted by molar-refractivity contribution is -0.134. The zero-order valence-electron chi connectivity index (χ0n) is 10.8. The highest BCUT2D eigenvalue weighted by Gasteiger charge is 2.37. The van der Waals surface area contributed by atoms with Gasteiger partial charge in [0, 0.05) is 30.5 Å². The molecule has 1 atom stereocenters. The molecule has 2 saturated heterocycles. The molecule has 0 aliphatic carbocycles. The van der Waals surface area contributed by atoms with Crippen molar-refractivity contribution >= 4 is 37.5 Å². The molecule has 110 valence electrons. The first-order valence-corrected chi connectivity index (χ1v) is 10.5. The zero-order chi connectivity index (χ0) is 13.9. The van der Waals surface area contributed by atoms with Crippen LogP contribution in [-0.4, -0.2) is 48.6 Å². The van der Waals surface area contributed by atoms with Crippen LogP contribution in [0.3, 0.4) is 0 Å². The summed E-state index contributed by atoms with van der Waals surface area (Å²) < 4.78 is 22.0. The molecule has 2 aliphatic rings. The predicted molar refractivity (Wildman–Crippen MR) is 80.4 cm³/mol. The largest absolute Gasteiger partial charge is 0.340 e. The summed E-state index contributed by atoms with van der Waals surface area (Å²) in [5.74, 6) is 1.31. The number of nitrogens with zero attached hydrogens (tertiary/aromatic N) is 1. The summed E-state index contributed by atoms with van der Waals surface area (Å²) in [5.41, 5.74) is 0. The van der Waals surface area contributed by atoms with Crippen LogP contribution in [0, 0.1) is 0 Å². The molecule has 0 aromatic heterocycles. The minimum atomic E-state index is -3.47. The van der Waals surface area contributed by atoms with Gasteiger partial charge in [0.25, 0.3) is 0 Å². The van der Waals surface area contributed by atoms with E-state index in [4.69, 9.17) is 5.14 Å². The number of hydrogen-bond donors (Lipinski definition) is 1. The summed E-state index contributed by atoms with van der Waals surface area (Å²) in [4.78, 5) is 13.4. The quantitative estimate of drug-likeness (QED) is 0.586. The van der Waals surface area contributed by atoms with Crippen LogP contribution in [0.4, 0.5) is 0 Å². The molecule has 8 heteroatoms. The fourth-order valence-electron chi connectivity index (χ4n) is 2.22. The topological polar surface area (TPSA) is 80.5 Å². The highest BCUT2D eigenvalue weighted by Crippen LogP contribution is 2.39. The van der Waals surface area contributed by atoms with Gasteiger partial charge in [-0.25, -0.2) is 13.6 Å². The smallest absolute Gasteiger partial charge is 0.222 e. The number of nitrogens with two attached hydrogens (primary N) is 1. The number of likely N-dealkylation sites (tertiary alicyclic amines) is 1. The van der Waals surface area contributed by atoms with E-state index in [0.29, 0.717) is 6.42 Å². The number of hydrogen-bond acceptors (Lipinski definition) is 5. The number of carbonyl (C=O) groups is 1. The van der Waals surface area contributed by atoms with E-state index in [2.05, 4.69) is 0 Å². The second kappa shape index (κ2) is 6.69. The van der Waals surface area contributed by atoms with Crippen LogP contribution in [0.15, 0.2) is 0 Å². The van der Waals surface area contributed by atoms with Crippen LogP contribution in [0.25, 0.3) is 0 Å². The maximum atomic E-state index is 11.8. The van der Waals surface area contributed by atoms with Gasteiger partial charge in [0.05, 0.1) is 0 Å². The van der Waals surface area contributed by atoms with E-state index >= 15 is 0 Å². The van der Waals surface area contributed by atoms with Crippen LogP contribution in [0.5, 0.6) is 0 Å². The molecule has 5 nitrogen and oxygen atoms in total. The Kier molecular flexibility index (Phi) is 5.45. The molecule has 0 aromatic carbocycles. The standard InChI is InChI=1S/C11H20N2O3S3/c12-19(15,16)10-7-13(8-10)11(14)4-2-1-3-9-5-6-17-18-9/h9-10H,1-8H2,(H2,12,15,16). The van der Waals surface area contributed by atoms with Gasteiger partial charge in [-0.2, -0.15) is 0 Å². The van der Waals surface area contributed by atoms with E-state index in [-0.39, 0.29) is 19.0 Å². The summed E-state index contributed by atoms with van der Waals surface area (Å²) in [7, 11) is 0.439. The number of unbranched alkanes of at least 4 members (excludes halogenated alkanes) is 1. The van der Waals surface area contributed by atoms with Crippen LogP contribution >= 0.6 is 21.6 Å². The summed E-state index contributed by atoms with van der Waals surface area (Å²) in [5, 5.41) is 5.23. The third-order valence-corrected chi connectivity index (χ3v) is 7.79. The Labute approximate surface area is 122 Å². The van der Waals surface area contributed by atoms with E-state index in [0.717, 1.165) is 18.1 Å². The normalized spacial score (nSPS) is 24.5. The van der Waals surface area contributed by atoms with Crippen molar-refractivity contribution in [3.8, 4) is 0 Å². The number of amides is 1. The highest BCUT2D eigenvalue weighted by atomic mass is 33.1. The molecular formula is C11H20N2O3S3. The molecule has 0 saturated carbocycles. The minimum absolute atomic E-state index is 0.0633. The lowest BCUT2D eigenvalue weighted by Crippen LogP contribution is -2.58. The van der Waals surface area contributed by atoms with Crippen molar-refractivity contribution in [2.24, 2.45) is 5.14 Å². The maximum absolute atomic E-state index is 11.8. The van der Waals surface area contributed by atoms with E-state index in [1.807, 2.05) is 21.6 Å². The Morgan fingerprint density at radius 1 is 1.32 bits per heavy atom. The summed E-state index contributed by atoms with van der Waals surface area (Å²) >= 11 is 0. The van der Waals surface area contributed by atoms with E-state index < -0.39 is 15.3 Å². The van der Waals surface area contributed by atoms with Gasteiger partial charge >= 0.3 is 0 Å². The Bertz CT molecular complexity index is 415. The van der Waals surface area contributed by atoms with E-state index in [9.17, 15) is 13.2 Å². The summed E-state index contributed by atoms with van der Waals surface area (Å²) in [6, 6.07) is 0. The van der Waals surface area contributed by atoms with Gasteiger partial charge in [0.2, 0.25) is 15.9 Å². The van der Waals surface area contributed by atoms with Crippen molar-refractivity contribution in [1.29, 1.82) is 0 Å². The lowest BCUT2D eigenvalue weighted by Gasteiger charge is -2.37. The van der Waals surface area contributed by atoms with Gasteiger partial charge in [-0.3, -0.25) is 4.79 Å². The SMILES string of the molecule is NS(=O)(=O)C1CN(C(=O)CCCCC2CCSS2)C1. The average molecular weight is 324 g/mol. The second-order valence-corrected chi connectivity index (χ2v) is 9.72. The first kappa shape index (κ1) is 15.5. The molecule has 2 heterocycles. The minimum Gasteiger partial charge on any atom is -0.340 e. The van der Waals surface area contributed by atoms with Crippen LogP contribution in [0.2, 0.25) is 0 Å².